The summed E-state index contributed by atoms with van der Waals surface area (Å²) in [5.74, 6) is 2.46. The van der Waals surface area contributed by atoms with E-state index in [0.29, 0.717) is 5.56 Å². The minimum absolute atomic E-state index is 0.0962. The first-order valence-electron chi connectivity index (χ1n) is 8.37. The molecule has 0 radical (unpaired) electrons. The number of carbonyl (C=O) groups excluding carboxylic acids is 1. The molecule has 1 aliphatic rings. The maximum atomic E-state index is 12.9. The maximum absolute atomic E-state index is 12.9. The molecule has 6 heteroatoms. The first-order valence-corrected chi connectivity index (χ1v) is 10.6. The second-order valence-corrected chi connectivity index (χ2v) is 8.48. The topological polar surface area (TPSA) is 46.9 Å². The van der Waals surface area contributed by atoms with Crippen LogP contribution in [0.2, 0.25) is 0 Å². The molecule has 0 unspecified atom stereocenters. The predicted molar refractivity (Wildman–Crippen MR) is 115 cm³/mol. The van der Waals surface area contributed by atoms with Gasteiger partial charge in [-0.2, -0.15) is 16.9 Å². The Morgan fingerprint density at radius 1 is 1.15 bits per heavy atom. The summed E-state index contributed by atoms with van der Waals surface area (Å²) in [6.07, 6.45) is 0. The van der Waals surface area contributed by atoms with Crippen molar-refractivity contribution in [2.75, 3.05) is 5.32 Å². The van der Waals surface area contributed by atoms with Crippen molar-refractivity contribution in [2.24, 2.45) is 0 Å². The molecule has 1 N–H and O–H groups in total. The van der Waals surface area contributed by atoms with Crippen LogP contribution in [-0.4, -0.2) is 15.7 Å². The summed E-state index contributed by atoms with van der Waals surface area (Å²) >= 11 is 4.03. The van der Waals surface area contributed by atoms with Crippen LogP contribution in [0.1, 0.15) is 32.7 Å². The van der Waals surface area contributed by atoms with E-state index < -0.39 is 0 Å². The Morgan fingerprint density at radius 3 is 2.77 bits per heavy atom. The Balaban J connectivity index is 1.80. The average Bonchev–Trinajstić information content (AvgIpc) is 3.20. The maximum Gasteiger partial charge on any atom is 0.257 e. The van der Waals surface area contributed by atoms with E-state index in [0.717, 1.165) is 37.8 Å². The van der Waals surface area contributed by atoms with E-state index >= 15 is 0 Å². The third-order valence-corrected chi connectivity index (χ3v) is 6.62. The van der Waals surface area contributed by atoms with Crippen LogP contribution in [0, 0.1) is 17.4 Å². The molecule has 1 aliphatic heterocycles. The summed E-state index contributed by atoms with van der Waals surface area (Å²) in [6.45, 7) is 4.19. The molecule has 0 aliphatic carbocycles. The molecule has 4 rings (SSSR count). The van der Waals surface area contributed by atoms with Gasteiger partial charge in [-0.1, -0.05) is 24.3 Å². The van der Waals surface area contributed by atoms with Crippen molar-refractivity contribution in [1.82, 2.24) is 9.78 Å². The van der Waals surface area contributed by atoms with Gasteiger partial charge in [0.1, 0.15) is 5.82 Å². The van der Waals surface area contributed by atoms with Crippen LogP contribution in [0.4, 0.5) is 5.82 Å². The number of nitrogens with zero attached hydrogens (tertiary/aromatic N) is 2. The van der Waals surface area contributed by atoms with E-state index in [-0.39, 0.29) is 5.91 Å². The number of benzene rings is 2. The summed E-state index contributed by atoms with van der Waals surface area (Å²) in [6, 6.07) is 13.8. The third kappa shape index (κ3) is 3.05. The lowest BCUT2D eigenvalue weighted by Gasteiger charge is -2.14. The zero-order valence-corrected chi connectivity index (χ0v) is 17.5. The average molecular weight is 475 g/mol. The molecule has 0 fully saturated rings. The molecule has 0 bridgehead atoms. The number of nitrogens with one attached hydrogen (secondary N) is 1. The smallest absolute Gasteiger partial charge is 0.257 e. The first kappa shape index (κ1) is 17.6. The highest BCUT2D eigenvalue weighted by Crippen LogP contribution is 2.37. The summed E-state index contributed by atoms with van der Waals surface area (Å²) in [5.41, 5.74) is 6.28. The van der Waals surface area contributed by atoms with Crippen molar-refractivity contribution in [3.05, 3.63) is 74.0 Å². The van der Waals surface area contributed by atoms with Crippen LogP contribution in [0.15, 0.2) is 42.5 Å². The number of thioether (sulfide) groups is 1. The largest absolute Gasteiger partial charge is 0.306 e. The van der Waals surface area contributed by atoms with Gasteiger partial charge in [0.2, 0.25) is 0 Å². The fraction of sp³-hybridized carbons (Fsp3) is 0.200. The van der Waals surface area contributed by atoms with Crippen molar-refractivity contribution in [2.45, 2.75) is 25.4 Å². The van der Waals surface area contributed by atoms with Crippen molar-refractivity contribution in [3.63, 3.8) is 0 Å². The summed E-state index contributed by atoms with van der Waals surface area (Å²) < 4.78 is 2.84. The molecule has 2 heterocycles. The van der Waals surface area contributed by atoms with E-state index in [1.165, 1.54) is 11.1 Å². The Labute approximate surface area is 170 Å². The fourth-order valence-corrected chi connectivity index (χ4v) is 4.77. The molecule has 0 spiro atoms. The molecule has 132 valence electrons. The van der Waals surface area contributed by atoms with Gasteiger partial charge < -0.3 is 5.32 Å². The van der Waals surface area contributed by atoms with Crippen molar-refractivity contribution < 1.29 is 4.79 Å². The molecule has 1 amide bonds. The summed E-state index contributed by atoms with van der Waals surface area (Å²) in [7, 11) is 0. The van der Waals surface area contributed by atoms with Crippen molar-refractivity contribution in [3.8, 4) is 5.69 Å². The molecule has 1 aromatic heterocycles. The van der Waals surface area contributed by atoms with E-state index in [1.54, 1.807) is 0 Å². The van der Waals surface area contributed by atoms with Crippen LogP contribution in [0.25, 0.3) is 5.69 Å². The van der Waals surface area contributed by atoms with Gasteiger partial charge in [-0.3, -0.25) is 4.79 Å². The number of aryl methyl sites for hydroxylation is 1. The molecule has 4 nitrogen and oxygen atoms in total. The number of hydrogen-bond donors (Lipinski definition) is 1. The highest BCUT2D eigenvalue weighted by molar-refractivity contribution is 14.1. The van der Waals surface area contributed by atoms with Gasteiger partial charge >= 0.3 is 0 Å². The predicted octanol–water partition coefficient (Wildman–Crippen LogP) is 5.09. The standard InChI is InChI=1S/C20H18IN3OS/c1-12-6-5-9-18(13(12)2)24-19(15-10-26-11-17(15)23-24)22-20(25)14-7-3-4-8-16(14)21/h3-9H,10-11H2,1-2H3,(H,22,25). The zero-order chi connectivity index (χ0) is 18.3. The summed E-state index contributed by atoms with van der Waals surface area (Å²) in [5, 5.41) is 7.95. The molecule has 0 saturated carbocycles. The fourth-order valence-electron chi connectivity index (χ4n) is 3.10. The number of halogens is 1. The molecule has 0 atom stereocenters. The van der Waals surface area contributed by atoms with Crippen LogP contribution < -0.4 is 5.32 Å². The highest BCUT2D eigenvalue weighted by Gasteiger charge is 2.26. The second kappa shape index (κ2) is 7.08. The Bertz CT molecular complexity index is 1010. The number of amides is 1. The number of carbonyl (C=O) groups is 1. The van der Waals surface area contributed by atoms with Crippen LogP contribution in [0.3, 0.4) is 0 Å². The van der Waals surface area contributed by atoms with Gasteiger partial charge in [0.25, 0.3) is 5.91 Å². The molecule has 0 saturated heterocycles. The second-order valence-electron chi connectivity index (χ2n) is 6.33. The SMILES string of the molecule is Cc1cccc(-n2nc3c(c2NC(=O)c2ccccc2I)CSC3)c1C. The summed E-state index contributed by atoms with van der Waals surface area (Å²) in [4.78, 5) is 12.9. The van der Waals surface area contributed by atoms with Crippen LogP contribution in [0.5, 0.6) is 0 Å². The van der Waals surface area contributed by atoms with Gasteiger partial charge in [-0.25, -0.2) is 4.68 Å². The van der Waals surface area contributed by atoms with E-state index in [4.69, 9.17) is 5.10 Å². The number of rotatable bonds is 3. The van der Waals surface area contributed by atoms with Crippen molar-refractivity contribution >= 4 is 46.1 Å². The van der Waals surface area contributed by atoms with Gasteiger partial charge in [-0.05, 0) is 65.8 Å². The Kier molecular flexibility index (Phi) is 4.79. The molecular formula is C20H18IN3OS. The Morgan fingerprint density at radius 2 is 1.96 bits per heavy atom. The lowest BCUT2D eigenvalue weighted by Crippen LogP contribution is -2.17. The molecule has 2 aromatic carbocycles. The Hall–Kier alpha value is -1.80. The number of aromatic nitrogens is 2. The van der Waals surface area contributed by atoms with Gasteiger partial charge in [-0.15, -0.1) is 0 Å². The van der Waals surface area contributed by atoms with Gasteiger partial charge in [0.15, 0.2) is 0 Å². The third-order valence-electron chi connectivity index (χ3n) is 4.71. The minimum atomic E-state index is -0.0962. The van der Waals surface area contributed by atoms with Crippen LogP contribution >= 0.6 is 34.4 Å². The zero-order valence-electron chi connectivity index (χ0n) is 14.5. The molecule has 26 heavy (non-hydrogen) atoms. The van der Waals surface area contributed by atoms with Crippen LogP contribution in [-0.2, 0) is 11.5 Å². The number of fused-ring (bicyclic) bond motifs is 1. The normalized spacial score (nSPS) is 12.9. The monoisotopic (exact) mass is 475 g/mol. The lowest BCUT2D eigenvalue weighted by atomic mass is 10.1. The van der Waals surface area contributed by atoms with Crippen molar-refractivity contribution in [1.29, 1.82) is 0 Å². The van der Waals surface area contributed by atoms with Gasteiger partial charge in [0.05, 0.1) is 16.9 Å². The number of anilines is 1. The first-order chi connectivity index (χ1) is 12.6. The van der Waals surface area contributed by atoms with E-state index in [2.05, 4.69) is 53.9 Å². The lowest BCUT2D eigenvalue weighted by molar-refractivity contribution is 0.102. The highest BCUT2D eigenvalue weighted by atomic mass is 127. The molecule has 3 aromatic rings. The number of hydrogen-bond acceptors (Lipinski definition) is 3. The van der Waals surface area contributed by atoms with E-state index in [9.17, 15) is 4.79 Å². The quantitative estimate of drug-likeness (QED) is 0.537. The van der Waals surface area contributed by atoms with E-state index in [1.807, 2.05) is 46.8 Å². The minimum Gasteiger partial charge on any atom is -0.306 e. The molecular weight excluding hydrogens is 457 g/mol. The van der Waals surface area contributed by atoms with Gasteiger partial charge in [0, 0.05) is 20.6 Å².